The van der Waals surface area contributed by atoms with E-state index in [9.17, 15) is 4.79 Å². The average molecular weight is 266 g/mol. The van der Waals surface area contributed by atoms with Crippen molar-refractivity contribution in [2.45, 2.75) is 13.3 Å². The molecule has 106 valence electrons. The Hall–Kier alpha value is -1.82. The van der Waals surface area contributed by atoms with E-state index in [-0.39, 0.29) is 5.91 Å². The molecule has 1 rings (SSSR count). The molecule has 0 saturated carbocycles. The SMILES string of the molecule is CCNCCC(=O)Nc1c(N(C)C)ccnc1OC. The van der Waals surface area contributed by atoms with Gasteiger partial charge in [-0.25, -0.2) is 4.98 Å². The van der Waals surface area contributed by atoms with E-state index < -0.39 is 0 Å². The van der Waals surface area contributed by atoms with Crippen molar-refractivity contribution in [1.29, 1.82) is 0 Å². The van der Waals surface area contributed by atoms with E-state index in [1.807, 2.05) is 32.0 Å². The van der Waals surface area contributed by atoms with Crippen molar-refractivity contribution in [3.8, 4) is 5.88 Å². The number of nitrogens with one attached hydrogen (secondary N) is 2. The molecule has 0 aliphatic heterocycles. The fourth-order valence-electron chi connectivity index (χ4n) is 1.66. The monoisotopic (exact) mass is 266 g/mol. The van der Waals surface area contributed by atoms with Gasteiger partial charge in [0.05, 0.1) is 12.8 Å². The van der Waals surface area contributed by atoms with Crippen LogP contribution in [0, 0.1) is 0 Å². The molecule has 6 heteroatoms. The molecule has 0 spiro atoms. The maximum Gasteiger partial charge on any atom is 0.239 e. The summed E-state index contributed by atoms with van der Waals surface area (Å²) in [6.45, 7) is 3.51. The fraction of sp³-hybridized carbons (Fsp3) is 0.538. The molecule has 0 aliphatic rings. The van der Waals surface area contributed by atoms with Crippen LogP contribution in [-0.2, 0) is 4.79 Å². The fourth-order valence-corrected chi connectivity index (χ4v) is 1.66. The van der Waals surface area contributed by atoms with E-state index in [1.54, 1.807) is 6.20 Å². The number of amides is 1. The molecule has 0 bridgehead atoms. The maximum absolute atomic E-state index is 11.9. The van der Waals surface area contributed by atoms with Crippen LogP contribution in [0.15, 0.2) is 12.3 Å². The number of nitrogens with zero attached hydrogens (tertiary/aromatic N) is 2. The van der Waals surface area contributed by atoms with Gasteiger partial charge >= 0.3 is 0 Å². The quantitative estimate of drug-likeness (QED) is 0.723. The Labute approximate surface area is 114 Å². The lowest BCUT2D eigenvalue weighted by Crippen LogP contribution is -2.23. The molecule has 0 radical (unpaired) electrons. The minimum Gasteiger partial charge on any atom is -0.479 e. The predicted molar refractivity (Wildman–Crippen MR) is 76.9 cm³/mol. The maximum atomic E-state index is 11.9. The molecule has 0 aromatic carbocycles. The van der Waals surface area contributed by atoms with Crippen LogP contribution in [0.25, 0.3) is 0 Å². The van der Waals surface area contributed by atoms with E-state index in [4.69, 9.17) is 4.74 Å². The Balaban J connectivity index is 2.83. The normalized spacial score (nSPS) is 10.1. The highest BCUT2D eigenvalue weighted by molar-refractivity contribution is 5.96. The first-order valence-electron chi connectivity index (χ1n) is 6.31. The molecule has 1 aromatic heterocycles. The zero-order valence-corrected chi connectivity index (χ0v) is 12.0. The van der Waals surface area contributed by atoms with Crippen LogP contribution in [0.2, 0.25) is 0 Å². The number of ether oxygens (including phenoxy) is 1. The summed E-state index contributed by atoms with van der Waals surface area (Å²) in [6.07, 6.45) is 2.07. The number of methoxy groups -OCH3 is 1. The van der Waals surface area contributed by atoms with Crippen LogP contribution in [0.3, 0.4) is 0 Å². The molecule has 0 aliphatic carbocycles. The average Bonchev–Trinajstić information content (AvgIpc) is 2.39. The van der Waals surface area contributed by atoms with Gasteiger partial charge in [0.1, 0.15) is 5.69 Å². The molecule has 0 unspecified atom stereocenters. The van der Waals surface area contributed by atoms with E-state index >= 15 is 0 Å². The highest BCUT2D eigenvalue weighted by atomic mass is 16.5. The summed E-state index contributed by atoms with van der Waals surface area (Å²) >= 11 is 0. The molecule has 1 aromatic rings. The number of carbonyl (C=O) groups is 1. The van der Waals surface area contributed by atoms with Crippen LogP contribution < -0.4 is 20.3 Å². The summed E-state index contributed by atoms with van der Waals surface area (Å²) in [6, 6.07) is 1.84. The third-order valence-electron chi connectivity index (χ3n) is 2.61. The topological polar surface area (TPSA) is 66.5 Å². The van der Waals surface area contributed by atoms with Crippen LogP contribution in [-0.4, -0.2) is 45.2 Å². The van der Waals surface area contributed by atoms with E-state index in [2.05, 4.69) is 15.6 Å². The van der Waals surface area contributed by atoms with Gasteiger partial charge in [-0.05, 0) is 12.6 Å². The van der Waals surface area contributed by atoms with Gasteiger partial charge in [0.15, 0.2) is 0 Å². The van der Waals surface area contributed by atoms with Crippen LogP contribution in [0.5, 0.6) is 5.88 Å². The highest BCUT2D eigenvalue weighted by Gasteiger charge is 2.14. The Morgan fingerprint density at radius 3 is 2.79 bits per heavy atom. The number of hydrogen-bond donors (Lipinski definition) is 2. The van der Waals surface area contributed by atoms with Crippen molar-refractivity contribution in [2.24, 2.45) is 0 Å². The lowest BCUT2D eigenvalue weighted by Gasteiger charge is -2.19. The summed E-state index contributed by atoms with van der Waals surface area (Å²) < 4.78 is 5.19. The Kier molecular flexibility index (Phi) is 6.08. The Bertz CT molecular complexity index is 421. The second-order valence-electron chi connectivity index (χ2n) is 4.26. The van der Waals surface area contributed by atoms with Gasteiger partial charge in [0.2, 0.25) is 11.8 Å². The standard InChI is InChI=1S/C13H22N4O2/c1-5-14-8-7-11(18)16-12-10(17(2)3)6-9-15-13(12)19-4/h6,9,14H,5,7-8H2,1-4H3,(H,16,18). The number of carbonyl (C=O) groups excluding carboxylic acids is 1. The molecule has 2 N–H and O–H groups in total. The molecular formula is C13H22N4O2. The lowest BCUT2D eigenvalue weighted by atomic mass is 10.3. The number of pyridine rings is 1. The minimum absolute atomic E-state index is 0.0599. The molecule has 6 nitrogen and oxygen atoms in total. The molecule has 1 amide bonds. The lowest BCUT2D eigenvalue weighted by molar-refractivity contribution is -0.116. The first kappa shape index (κ1) is 15.2. The summed E-state index contributed by atoms with van der Waals surface area (Å²) in [5, 5.41) is 5.97. The number of rotatable bonds is 7. The zero-order valence-electron chi connectivity index (χ0n) is 12.0. The highest BCUT2D eigenvalue weighted by Crippen LogP contribution is 2.31. The summed E-state index contributed by atoms with van der Waals surface area (Å²) in [4.78, 5) is 17.9. The van der Waals surface area contributed by atoms with Crippen LogP contribution in [0.4, 0.5) is 11.4 Å². The van der Waals surface area contributed by atoms with Crippen LogP contribution in [0.1, 0.15) is 13.3 Å². The molecule has 0 saturated heterocycles. The summed E-state index contributed by atoms with van der Waals surface area (Å²) in [5.41, 5.74) is 1.47. The van der Waals surface area contributed by atoms with Crippen molar-refractivity contribution in [2.75, 3.05) is 44.5 Å². The van der Waals surface area contributed by atoms with Crippen molar-refractivity contribution in [3.05, 3.63) is 12.3 Å². The molecule has 0 fully saturated rings. The van der Waals surface area contributed by atoms with Crippen molar-refractivity contribution in [1.82, 2.24) is 10.3 Å². The minimum atomic E-state index is -0.0599. The van der Waals surface area contributed by atoms with E-state index in [0.29, 0.717) is 24.5 Å². The van der Waals surface area contributed by atoms with E-state index in [1.165, 1.54) is 7.11 Å². The van der Waals surface area contributed by atoms with Gasteiger partial charge < -0.3 is 20.3 Å². The molecular weight excluding hydrogens is 244 g/mol. The smallest absolute Gasteiger partial charge is 0.239 e. The summed E-state index contributed by atoms with van der Waals surface area (Å²) in [5.74, 6) is 0.360. The van der Waals surface area contributed by atoms with Crippen molar-refractivity contribution in [3.63, 3.8) is 0 Å². The van der Waals surface area contributed by atoms with Gasteiger partial charge in [0, 0.05) is 33.3 Å². The van der Waals surface area contributed by atoms with Crippen molar-refractivity contribution >= 4 is 17.3 Å². The van der Waals surface area contributed by atoms with Gasteiger partial charge in [-0.15, -0.1) is 0 Å². The Morgan fingerprint density at radius 1 is 1.47 bits per heavy atom. The molecule has 19 heavy (non-hydrogen) atoms. The third-order valence-corrected chi connectivity index (χ3v) is 2.61. The molecule has 1 heterocycles. The van der Waals surface area contributed by atoms with Gasteiger partial charge in [-0.2, -0.15) is 0 Å². The zero-order chi connectivity index (χ0) is 14.3. The second-order valence-corrected chi connectivity index (χ2v) is 4.26. The van der Waals surface area contributed by atoms with Gasteiger partial charge in [-0.3, -0.25) is 4.79 Å². The van der Waals surface area contributed by atoms with Crippen molar-refractivity contribution < 1.29 is 9.53 Å². The molecule has 0 atom stereocenters. The number of anilines is 2. The summed E-state index contributed by atoms with van der Waals surface area (Å²) in [7, 11) is 5.35. The first-order chi connectivity index (χ1) is 9.10. The largest absolute Gasteiger partial charge is 0.479 e. The van der Waals surface area contributed by atoms with Gasteiger partial charge in [0.25, 0.3) is 0 Å². The van der Waals surface area contributed by atoms with E-state index in [0.717, 1.165) is 12.2 Å². The second kappa shape index (κ2) is 7.58. The first-order valence-corrected chi connectivity index (χ1v) is 6.31. The van der Waals surface area contributed by atoms with Gasteiger partial charge in [-0.1, -0.05) is 6.92 Å². The Morgan fingerprint density at radius 2 is 2.21 bits per heavy atom. The van der Waals surface area contributed by atoms with Crippen LogP contribution >= 0.6 is 0 Å². The third kappa shape index (κ3) is 4.40. The number of hydrogen-bond acceptors (Lipinski definition) is 5. The number of aromatic nitrogens is 1. The predicted octanol–water partition coefficient (Wildman–Crippen LogP) is 1.09.